The maximum absolute atomic E-state index is 12.3. The third-order valence-electron chi connectivity index (χ3n) is 4.71. The van der Waals surface area contributed by atoms with Crippen molar-refractivity contribution >= 4 is 11.8 Å². The van der Waals surface area contributed by atoms with Crippen LogP contribution >= 0.6 is 0 Å². The maximum Gasteiger partial charge on any atom is 0.286 e. The fraction of sp³-hybridized carbons (Fsp3) is 0.625. The molecule has 0 aromatic carbocycles. The molecule has 2 amide bonds. The van der Waals surface area contributed by atoms with Crippen LogP contribution in [0.1, 0.15) is 43.2 Å². The van der Waals surface area contributed by atoms with E-state index in [4.69, 9.17) is 4.42 Å². The van der Waals surface area contributed by atoms with Gasteiger partial charge in [0.05, 0.1) is 6.26 Å². The minimum absolute atomic E-state index is 0.0691. The molecule has 21 heavy (non-hydrogen) atoms. The number of likely N-dealkylation sites (tertiary alicyclic amines) is 1. The van der Waals surface area contributed by atoms with E-state index in [2.05, 4.69) is 12.2 Å². The smallest absolute Gasteiger partial charge is 0.286 e. The Morgan fingerprint density at radius 2 is 2.10 bits per heavy atom. The molecule has 2 heterocycles. The number of rotatable bonds is 4. The quantitative estimate of drug-likeness (QED) is 0.923. The first-order chi connectivity index (χ1) is 10.1. The Kier molecular flexibility index (Phi) is 3.74. The molecule has 3 rings (SSSR count). The van der Waals surface area contributed by atoms with Crippen LogP contribution in [0.5, 0.6) is 0 Å². The molecule has 1 N–H and O–H groups in total. The van der Waals surface area contributed by atoms with Gasteiger partial charge in [-0.15, -0.1) is 0 Å². The SMILES string of the molecule is CC1(C(=O)N2CCC(CNC(=O)c3ccco3)CC2)CC1. The predicted molar refractivity (Wildman–Crippen MR) is 77.7 cm³/mol. The van der Waals surface area contributed by atoms with Gasteiger partial charge in [-0.1, -0.05) is 6.92 Å². The molecule has 0 atom stereocenters. The third kappa shape index (κ3) is 3.12. The Hall–Kier alpha value is -1.78. The number of amides is 2. The first kappa shape index (κ1) is 14.2. The van der Waals surface area contributed by atoms with Gasteiger partial charge in [0.25, 0.3) is 5.91 Å². The molecule has 0 bridgehead atoms. The molecule has 0 spiro atoms. The van der Waals surface area contributed by atoms with Crippen LogP contribution in [0.15, 0.2) is 22.8 Å². The lowest BCUT2D eigenvalue weighted by molar-refractivity contribution is -0.137. The summed E-state index contributed by atoms with van der Waals surface area (Å²) in [5, 5.41) is 2.91. The zero-order valence-corrected chi connectivity index (χ0v) is 12.4. The van der Waals surface area contributed by atoms with Gasteiger partial charge in [0.15, 0.2) is 5.76 Å². The van der Waals surface area contributed by atoms with Gasteiger partial charge in [0.2, 0.25) is 5.91 Å². The first-order valence-corrected chi connectivity index (χ1v) is 7.69. The van der Waals surface area contributed by atoms with Crippen molar-refractivity contribution in [1.29, 1.82) is 0 Å². The zero-order valence-electron chi connectivity index (χ0n) is 12.4. The van der Waals surface area contributed by atoms with E-state index in [1.807, 2.05) is 4.90 Å². The van der Waals surface area contributed by atoms with Crippen molar-refractivity contribution < 1.29 is 14.0 Å². The zero-order chi connectivity index (χ0) is 14.9. The van der Waals surface area contributed by atoms with E-state index in [9.17, 15) is 9.59 Å². The monoisotopic (exact) mass is 290 g/mol. The van der Waals surface area contributed by atoms with E-state index in [-0.39, 0.29) is 11.3 Å². The fourth-order valence-corrected chi connectivity index (χ4v) is 2.86. The Balaban J connectivity index is 1.42. The second-order valence-electron chi connectivity index (χ2n) is 6.48. The van der Waals surface area contributed by atoms with Crippen LogP contribution in [0.3, 0.4) is 0 Å². The molecule has 1 aliphatic heterocycles. The summed E-state index contributed by atoms with van der Waals surface area (Å²) in [6.45, 7) is 4.34. The van der Waals surface area contributed by atoms with Gasteiger partial charge in [0, 0.05) is 25.0 Å². The van der Waals surface area contributed by atoms with Gasteiger partial charge < -0.3 is 14.6 Å². The Bertz CT molecular complexity index is 512. The van der Waals surface area contributed by atoms with E-state index >= 15 is 0 Å². The van der Waals surface area contributed by atoms with E-state index < -0.39 is 0 Å². The number of carbonyl (C=O) groups excluding carboxylic acids is 2. The number of furan rings is 1. The number of nitrogens with zero attached hydrogens (tertiary/aromatic N) is 1. The molecule has 5 heteroatoms. The molecule has 1 saturated heterocycles. The molecule has 114 valence electrons. The van der Waals surface area contributed by atoms with Crippen molar-refractivity contribution in [2.45, 2.75) is 32.6 Å². The van der Waals surface area contributed by atoms with Gasteiger partial charge in [-0.2, -0.15) is 0 Å². The molecule has 1 saturated carbocycles. The molecule has 0 unspecified atom stereocenters. The van der Waals surface area contributed by atoms with Gasteiger partial charge >= 0.3 is 0 Å². The van der Waals surface area contributed by atoms with E-state index in [0.29, 0.717) is 24.1 Å². The largest absolute Gasteiger partial charge is 0.459 e. The number of hydrogen-bond donors (Lipinski definition) is 1. The molecule has 2 fully saturated rings. The Morgan fingerprint density at radius 3 is 2.67 bits per heavy atom. The van der Waals surface area contributed by atoms with Gasteiger partial charge in [-0.05, 0) is 43.7 Å². The van der Waals surface area contributed by atoms with Crippen molar-refractivity contribution in [3.63, 3.8) is 0 Å². The average molecular weight is 290 g/mol. The summed E-state index contributed by atoms with van der Waals surface area (Å²) in [6, 6.07) is 3.37. The molecule has 0 radical (unpaired) electrons. The predicted octanol–water partition coefficient (Wildman–Crippen LogP) is 2.05. The summed E-state index contributed by atoms with van der Waals surface area (Å²) in [5.41, 5.74) is -0.0691. The van der Waals surface area contributed by atoms with Gasteiger partial charge in [-0.3, -0.25) is 9.59 Å². The van der Waals surface area contributed by atoms with Crippen LogP contribution < -0.4 is 5.32 Å². The summed E-state index contributed by atoms with van der Waals surface area (Å²) in [7, 11) is 0. The molecular weight excluding hydrogens is 268 g/mol. The second-order valence-corrected chi connectivity index (χ2v) is 6.48. The molecule has 2 aliphatic rings. The Morgan fingerprint density at radius 1 is 1.38 bits per heavy atom. The summed E-state index contributed by atoms with van der Waals surface area (Å²) < 4.78 is 5.06. The highest BCUT2D eigenvalue weighted by Gasteiger charge is 2.47. The van der Waals surface area contributed by atoms with E-state index in [1.54, 1.807) is 12.1 Å². The minimum atomic E-state index is -0.163. The number of piperidine rings is 1. The summed E-state index contributed by atoms with van der Waals surface area (Å²) in [4.78, 5) is 26.0. The summed E-state index contributed by atoms with van der Waals surface area (Å²) >= 11 is 0. The lowest BCUT2D eigenvalue weighted by Gasteiger charge is -2.33. The van der Waals surface area contributed by atoms with Crippen LogP contribution in [0.25, 0.3) is 0 Å². The van der Waals surface area contributed by atoms with Crippen molar-refractivity contribution in [3.8, 4) is 0 Å². The fourth-order valence-electron chi connectivity index (χ4n) is 2.86. The minimum Gasteiger partial charge on any atom is -0.459 e. The lowest BCUT2D eigenvalue weighted by Crippen LogP contribution is -2.44. The summed E-state index contributed by atoms with van der Waals surface area (Å²) in [5.74, 6) is 0.953. The molecule has 5 nitrogen and oxygen atoms in total. The highest BCUT2D eigenvalue weighted by Crippen LogP contribution is 2.46. The van der Waals surface area contributed by atoms with Crippen LogP contribution in [-0.2, 0) is 4.79 Å². The van der Waals surface area contributed by atoms with Gasteiger partial charge in [0.1, 0.15) is 0 Å². The van der Waals surface area contributed by atoms with Crippen LogP contribution in [0, 0.1) is 11.3 Å². The highest BCUT2D eigenvalue weighted by atomic mass is 16.3. The molecule has 1 aromatic rings. The van der Waals surface area contributed by atoms with Crippen molar-refractivity contribution in [2.75, 3.05) is 19.6 Å². The van der Waals surface area contributed by atoms with Crippen LogP contribution in [-0.4, -0.2) is 36.3 Å². The van der Waals surface area contributed by atoms with Crippen LogP contribution in [0.4, 0.5) is 0 Å². The molecular formula is C16H22N2O3. The second kappa shape index (κ2) is 5.54. The first-order valence-electron chi connectivity index (χ1n) is 7.69. The Labute approximate surface area is 124 Å². The highest BCUT2D eigenvalue weighted by molar-refractivity contribution is 5.91. The van der Waals surface area contributed by atoms with Crippen molar-refractivity contribution in [1.82, 2.24) is 10.2 Å². The average Bonchev–Trinajstić information content (AvgIpc) is 3.04. The number of nitrogens with one attached hydrogen (secondary N) is 1. The van der Waals surface area contributed by atoms with Crippen molar-refractivity contribution in [2.24, 2.45) is 11.3 Å². The molecule has 1 aliphatic carbocycles. The van der Waals surface area contributed by atoms with Crippen LogP contribution in [0.2, 0.25) is 0 Å². The molecule has 1 aromatic heterocycles. The standard InChI is InChI=1S/C16H22N2O3/c1-16(6-7-16)15(20)18-8-4-12(5-9-18)11-17-14(19)13-3-2-10-21-13/h2-3,10,12H,4-9,11H2,1H3,(H,17,19). The normalized spacial score (nSPS) is 21.1. The maximum atomic E-state index is 12.3. The third-order valence-corrected chi connectivity index (χ3v) is 4.71. The van der Waals surface area contributed by atoms with E-state index in [0.717, 1.165) is 38.8 Å². The number of carbonyl (C=O) groups is 2. The lowest BCUT2D eigenvalue weighted by atomic mass is 9.95. The van der Waals surface area contributed by atoms with Crippen molar-refractivity contribution in [3.05, 3.63) is 24.2 Å². The van der Waals surface area contributed by atoms with E-state index in [1.165, 1.54) is 6.26 Å². The number of hydrogen-bond acceptors (Lipinski definition) is 3. The summed E-state index contributed by atoms with van der Waals surface area (Å²) in [6.07, 6.45) is 5.48. The van der Waals surface area contributed by atoms with Gasteiger partial charge in [-0.25, -0.2) is 0 Å². The topological polar surface area (TPSA) is 62.6 Å².